The molecule has 6 rings (SSSR count). The molecule has 0 heterocycles. The van der Waals surface area contributed by atoms with Crippen LogP contribution in [-0.2, 0) is 28.8 Å². The average molecular weight is 771 g/mol. The molecule has 0 aromatic heterocycles. The Hall–Kier alpha value is -2.22. The van der Waals surface area contributed by atoms with Gasteiger partial charge in [0.2, 0.25) is 0 Å². The first-order valence-electron chi connectivity index (χ1n) is 16.9. The second-order valence-electron chi connectivity index (χ2n) is 15.2. The first kappa shape index (κ1) is 38.6. The Morgan fingerprint density at radius 1 is 0.500 bits per heavy atom. The molecule has 0 aliphatic heterocycles. The van der Waals surface area contributed by atoms with Crippen LogP contribution in [0.25, 0.3) is 21.5 Å². The zero-order valence-corrected chi connectivity index (χ0v) is 36.0. The maximum absolute atomic E-state index is 6.32. The third-order valence-corrected chi connectivity index (χ3v) is 25.5. The SMILES string of the molecule is Cc1[cH-]c2c(C)ccc(C(C)(C)C)c2c1C.Cc1[cH-]c2c(C)ccc(C(C)(C)C)c2c1C.[Cl][Zr]([Cl])=[Si](c1ccccc1)c1ccccc1. The minimum absolute atomic E-state index is 0.220. The van der Waals surface area contributed by atoms with Crippen molar-refractivity contribution in [3.05, 3.63) is 142 Å². The Labute approximate surface area is 305 Å². The molecule has 6 aromatic carbocycles. The number of aryl methyl sites for hydroxylation is 6. The van der Waals surface area contributed by atoms with Crippen molar-refractivity contribution in [3.8, 4) is 0 Å². The van der Waals surface area contributed by atoms with Crippen LogP contribution in [0, 0.1) is 41.5 Å². The van der Waals surface area contributed by atoms with Crippen molar-refractivity contribution in [2.24, 2.45) is 0 Å². The van der Waals surface area contributed by atoms with E-state index in [0.717, 1.165) is 0 Å². The van der Waals surface area contributed by atoms with Crippen LogP contribution in [0.4, 0.5) is 0 Å². The molecule has 0 aliphatic rings. The van der Waals surface area contributed by atoms with Crippen molar-refractivity contribution < 1.29 is 18.0 Å². The van der Waals surface area contributed by atoms with Crippen LogP contribution in [0.1, 0.15) is 86.1 Å². The Morgan fingerprint density at radius 2 is 0.833 bits per heavy atom. The molecule has 0 saturated carbocycles. The summed E-state index contributed by atoms with van der Waals surface area (Å²) in [6.07, 6.45) is 0. The summed E-state index contributed by atoms with van der Waals surface area (Å²) < 4.78 is 0. The third kappa shape index (κ3) is 8.73. The van der Waals surface area contributed by atoms with Crippen molar-refractivity contribution >= 4 is 54.4 Å². The summed E-state index contributed by atoms with van der Waals surface area (Å²) in [5, 5.41) is 8.48. The van der Waals surface area contributed by atoms with E-state index in [9.17, 15) is 0 Å². The van der Waals surface area contributed by atoms with Crippen LogP contribution in [-0.4, -0.2) is 5.43 Å². The van der Waals surface area contributed by atoms with Gasteiger partial charge in [-0.05, 0) is 10.8 Å². The summed E-state index contributed by atoms with van der Waals surface area (Å²) in [6, 6.07) is 34.6. The van der Waals surface area contributed by atoms with E-state index < -0.39 is 23.4 Å². The van der Waals surface area contributed by atoms with Gasteiger partial charge in [-0.25, -0.2) is 0 Å². The number of rotatable bonds is 2. The number of hydrogen-bond donors (Lipinski definition) is 0. The first-order valence-corrected chi connectivity index (χ1v) is 28.4. The molecule has 0 atom stereocenters. The van der Waals surface area contributed by atoms with Crippen molar-refractivity contribution in [3.63, 3.8) is 0 Å². The maximum atomic E-state index is 6.32. The second-order valence-corrected chi connectivity index (χ2v) is 34.4. The average Bonchev–Trinajstić information content (AvgIpc) is 3.49. The van der Waals surface area contributed by atoms with Crippen molar-refractivity contribution in [1.82, 2.24) is 0 Å². The zero-order chi connectivity index (χ0) is 35.6. The molecule has 0 radical (unpaired) electrons. The molecule has 0 N–H and O–H groups in total. The number of hydrogen-bond acceptors (Lipinski definition) is 0. The Kier molecular flexibility index (Phi) is 12.7. The van der Waals surface area contributed by atoms with E-state index in [1.165, 1.54) is 76.4 Å². The van der Waals surface area contributed by atoms with Crippen molar-refractivity contribution in [1.29, 1.82) is 0 Å². The van der Waals surface area contributed by atoms with Crippen LogP contribution in [0.2, 0.25) is 0 Å². The van der Waals surface area contributed by atoms with E-state index in [4.69, 9.17) is 17.0 Å². The van der Waals surface area contributed by atoms with Crippen LogP contribution >= 0.6 is 17.0 Å². The molecule has 0 spiro atoms. The van der Waals surface area contributed by atoms with Crippen LogP contribution < -0.4 is 10.4 Å². The molecule has 0 bridgehead atoms. The molecule has 252 valence electrons. The number of fused-ring (bicyclic) bond motifs is 2. The second kappa shape index (κ2) is 15.8. The number of halogens is 2. The van der Waals surface area contributed by atoms with E-state index in [0.29, 0.717) is 0 Å². The number of benzene rings is 4. The molecule has 0 unspecified atom stereocenters. The van der Waals surface area contributed by atoms with E-state index in [1.54, 1.807) is 0 Å². The van der Waals surface area contributed by atoms with Gasteiger partial charge >= 0.3 is 111 Å². The summed E-state index contributed by atoms with van der Waals surface area (Å²) in [4.78, 5) is 0. The summed E-state index contributed by atoms with van der Waals surface area (Å²) in [7, 11) is 12.6. The van der Waals surface area contributed by atoms with E-state index >= 15 is 0 Å². The van der Waals surface area contributed by atoms with Gasteiger partial charge in [0.05, 0.1) is 0 Å². The fourth-order valence-electron chi connectivity index (χ4n) is 6.52. The first-order chi connectivity index (χ1) is 22.4. The van der Waals surface area contributed by atoms with Gasteiger partial charge in [0, 0.05) is 0 Å². The van der Waals surface area contributed by atoms with Gasteiger partial charge in [-0.1, -0.05) is 106 Å². The standard InChI is InChI=1S/2C16H21.C12H10Si.2ClH.Zr/c2*1-10-7-8-14(16(4,5)6)15-12(3)11(2)9-13(10)15;1-3-7-11(8-4-1)13-12-9-5-2-6-10-12;;;/h2*7-9H,1-6H3;1-10H;2*1H;/q2*-1;;;;+2/p-2. The van der Waals surface area contributed by atoms with Gasteiger partial charge in [-0.2, -0.15) is 11.1 Å². The predicted octanol–water partition coefficient (Wildman–Crippen LogP) is 12.3. The third-order valence-electron chi connectivity index (χ3n) is 9.51. The topological polar surface area (TPSA) is 0 Å². The van der Waals surface area contributed by atoms with E-state index in [2.05, 4.69) is 168 Å². The summed E-state index contributed by atoms with van der Waals surface area (Å²) in [5.41, 5.74) is 11.0. The van der Waals surface area contributed by atoms with E-state index in [-0.39, 0.29) is 10.8 Å². The Balaban J connectivity index is 0.000000163. The van der Waals surface area contributed by atoms with Crippen molar-refractivity contribution in [2.45, 2.75) is 93.9 Å². The molecule has 0 amide bonds. The molecule has 0 saturated heterocycles. The van der Waals surface area contributed by atoms with Gasteiger partial charge in [0.15, 0.2) is 0 Å². The van der Waals surface area contributed by atoms with Crippen LogP contribution in [0.3, 0.4) is 0 Å². The van der Waals surface area contributed by atoms with Gasteiger partial charge in [-0.15, -0.1) is 68.1 Å². The summed E-state index contributed by atoms with van der Waals surface area (Å²) >= 11 is -2.26. The van der Waals surface area contributed by atoms with Crippen LogP contribution in [0.15, 0.2) is 97.1 Å². The Morgan fingerprint density at radius 3 is 1.12 bits per heavy atom. The minimum atomic E-state index is -2.26. The van der Waals surface area contributed by atoms with Crippen molar-refractivity contribution in [2.75, 3.05) is 0 Å². The fraction of sp³-hybridized carbons (Fsp3) is 0.318. The molecule has 0 fully saturated rings. The van der Waals surface area contributed by atoms with Crippen LogP contribution in [0.5, 0.6) is 0 Å². The molecule has 0 aliphatic carbocycles. The summed E-state index contributed by atoms with van der Waals surface area (Å²) in [6.45, 7) is 27.1. The predicted molar refractivity (Wildman–Crippen MR) is 215 cm³/mol. The molecule has 48 heavy (non-hydrogen) atoms. The van der Waals surface area contributed by atoms with E-state index in [1.807, 2.05) is 12.1 Å². The molecular weight excluding hydrogens is 719 g/mol. The van der Waals surface area contributed by atoms with Gasteiger partial charge in [-0.3, -0.25) is 0 Å². The fourth-order valence-corrected chi connectivity index (χ4v) is 21.8. The molecular formula is C44H52Cl2SiZr-2. The van der Waals surface area contributed by atoms with Gasteiger partial charge < -0.3 is 0 Å². The molecule has 4 heteroatoms. The summed E-state index contributed by atoms with van der Waals surface area (Å²) in [5.74, 6) is 0. The monoisotopic (exact) mass is 768 g/mol. The molecule has 0 nitrogen and oxygen atoms in total. The Bertz CT molecular complexity index is 1900. The quantitative estimate of drug-likeness (QED) is 0.122. The van der Waals surface area contributed by atoms with Gasteiger partial charge in [0.1, 0.15) is 0 Å². The normalized spacial score (nSPS) is 11.5. The molecule has 6 aromatic rings. The zero-order valence-electron chi connectivity index (χ0n) is 31.0. The van der Waals surface area contributed by atoms with Gasteiger partial charge in [0.25, 0.3) is 0 Å².